The molecule has 2 aliphatic heterocycles. The molecule has 0 bridgehead atoms. The van der Waals surface area contributed by atoms with Gasteiger partial charge in [-0.25, -0.2) is 0 Å². The third-order valence-corrected chi connectivity index (χ3v) is 6.59. The minimum Gasteiger partial charge on any atom is -0.342 e. The zero-order chi connectivity index (χ0) is 20.3. The first-order chi connectivity index (χ1) is 13.3. The van der Waals surface area contributed by atoms with Gasteiger partial charge in [-0.1, -0.05) is 23.8 Å². The molecule has 0 aromatic heterocycles. The molecule has 5 nitrogen and oxygen atoms in total. The Hall–Kier alpha value is -1.88. The molecule has 2 fully saturated rings. The van der Waals surface area contributed by atoms with Gasteiger partial charge in [0, 0.05) is 39.1 Å². The summed E-state index contributed by atoms with van der Waals surface area (Å²) in [6.45, 7) is 8.36. The van der Waals surface area contributed by atoms with E-state index in [4.69, 9.17) is 0 Å². The van der Waals surface area contributed by atoms with Crippen molar-refractivity contribution in [3.63, 3.8) is 0 Å². The summed E-state index contributed by atoms with van der Waals surface area (Å²) in [5, 5.41) is 0. The molecule has 0 atom stereocenters. The second kappa shape index (κ2) is 8.64. The summed E-state index contributed by atoms with van der Waals surface area (Å²) in [6.07, 6.45) is 4.15. The number of rotatable bonds is 5. The van der Waals surface area contributed by atoms with Crippen LogP contribution in [-0.2, 0) is 16.0 Å². The molecule has 1 aromatic carbocycles. The lowest BCUT2D eigenvalue weighted by atomic mass is 9.72. The van der Waals surface area contributed by atoms with Crippen LogP contribution in [0.5, 0.6) is 0 Å². The Morgan fingerprint density at radius 3 is 2.54 bits per heavy atom. The molecule has 1 spiro atoms. The van der Waals surface area contributed by atoms with E-state index in [0.717, 1.165) is 57.5 Å². The number of nitrogens with zero attached hydrogens (tertiary/aromatic N) is 3. The van der Waals surface area contributed by atoms with Crippen molar-refractivity contribution in [3.8, 4) is 0 Å². The van der Waals surface area contributed by atoms with Gasteiger partial charge in [-0.05, 0) is 63.7 Å². The summed E-state index contributed by atoms with van der Waals surface area (Å²) in [7, 11) is 4.09. The number of piperidine rings is 2. The maximum Gasteiger partial charge on any atom is 0.227 e. The molecule has 0 saturated carbocycles. The lowest BCUT2D eigenvalue weighted by Crippen LogP contribution is -2.53. The van der Waals surface area contributed by atoms with Gasteiger partial charge in [-0.15, -0.1) is 0 Å². The smallest absolute Gasteiger partial charge is 0.227 e. The van der Waals surface area contributed by atoms with Crippen LogP contribution in [0.2, 0.25) is 0 Å². The van der Waals surface area contributed by atoms with Crippen LogP contribution in [0.15, 0.2) is 18.2 Å². The van der Waals surface area contributed by atoms with E-state index < -0.39 is 0 Å². The highest BCUT2D eigenvalue weighted by Gasteiger charge is 2.41. The second-order valence-electron chi connectivity index (χ2n) is 9.11. The van der Waals surface area contributed by atoms with E-state index in [2.05, 4.69) is 41.8 Å². The fraction of sp³-hybridized carbons (Fsp3) is 0.652. The number of amides is 2. The molecule has 5 heteroatoms. The molecule has 0 N–H and O–H groups in total. The van der Waals surface area contributed by atoms with E-state index in [1.54, 1.807) is 0 Å². The molecule has 2 saturated heterocycles. The van der Waals surface area contributed by atoms with Gasteiger partial charge in [0.2, 0.25) is 11.8 Å². The van der Waals surface area contributed by atoms with Crippen molar-refractivity contribution < 1.29 is 9.59 Å². The van der Waals surface area contributed by atoms with E-state index in [-0.39, 0.29) is 11.3 Å². The van der Waals surface area contributed by atoms with E-state index in [1.807, 2.05) is 19.0 Å². The van der Waals surface area contributed by atoms with Crippen LogP contribution in [0, 0.1) is 19.3 Å². The van der Waals surface area contributed by atoms with Crippen molar-refractivity contribution in [3.05, 3.63) is 34.9 Å². The molecular formula is C23H35N3O2. The topological polar surface area (TPSA) is 43.9 Å². The average molecular weight is 386 g/mol. The Kier molecular flexibility index (Phi) is 6.43. The van der Waals surface area contributed by atoms with Crippen molar-refractivity contribution in [1.82, 2.24) is 14.7 Å². The van der Waals surface area contributed by atoms with Crippen molar-refractivity contribution in [2.75, 3.05) is 46.8 Å². The van der Waals surface area contributed by atoms with Crippen LogP contribution in [0.3, 0.4) is 0 Å². The largest absolute Gasteiger partial charge is 0.342 e. The summed E-state index contributed by atoms with van der Waals surface area (Å²) in [4.78, 5) is 31.4. The number of likely N-dealkylation sites (N-methyl/N-ethyl adjacent to an activating group) is 1. The molecule has 1 aromatic rings. The van der Waals surface area contributed by atoms with Crippen molar-refractivity contribution >= 4 is 11.8 Å². The minimum absolute atomic E-state index is 0.205. The third-order valence-electron chi connectivity index (χ3n) is 6.59. The molecule has 154 valence electrons. The summed E-state index contributed by atoms with van der Waals surface area (Å²) >= 11 is 0. The average Bonchev–Trinajstić information content (AvgIpc) is 2.66. The van der Waals surface area contributed by atoms with E-state index in [1.165, 1.54) is 11.1 Å². The summed E-state index contributed by atoms with van der Waals surface area (Å²) in [5.74, 6) is 0.529. The van der Waals surface area contributed by atoms with Gasteiger partial charge in [0.25, 0.3) is 0 Å². The fourth-order valence-corrected chi connectivity index (χ4v) is 4.53. The highest BCUT2D eigenvalue weighted by atomic mass is 16.2. The van der Waals surface area contributed by atoms with Crippen LogP contribution in [0.25, 0.3) is 0 Å². The molecule has 0 radical (unpaired) electrons. The SMILES string of the molecule is Cc1ccc(C)c(CC(=O)N2CCC3(CCC(=O)N(CCN(C)C)C3)CC2)c1. The van der Waals surface area contributed by atoms with Crippen LogP contribution in [-0.4, -0.2) is 73.3 Å². The van der Waals surface area contributed by atoms with Gasteiger partial charge >= 0.3 is 0 Å². The van der Waals surface area contributed by atoms with E-state index in [0.29, 0.717) is 18.7 Å². The first kappa shape index (κ1) is 20.8. The molecular weight excluding hydrogens is 350 g/mol. The first-order valence-electron chi connectivity index (χ1n) is 10.5. The number of hydrogen-bond acceptors (Lipinski definition) is 3. The molecule has 0 aliphatic carbocycles. The molecule has 3 rings (SSSR count). The molecule has 2 aliphatic rings. The highest BCUT2D eigenvalue weighted by molar-refractivity contribution is 5.79. The Bertz CT molecular complexity index is 721. The molecule has 2 amide bonds. The van der Waals surface area contributed by atoms with Crippen molar-refractivity contribution in [2.24, 2.45) is 5.41 Å². The number of hydrogen-bond donors (Lipinski definition) is 0. The lowest BCUT2D eigenvalue weighted by molar-refractivity contribution is -0.142. The number of benzene rings is 1. The van der Waals surface area contributed by atoms with Crippen LogP contribution in [0.4, 0.5) is 0 Å². The lowest BCUT2D eigenvalue weighted by Gasteiger charge is -2.47. The molecule has 2 heterocycles. The van der Waals surface area contributed by atoms with E-state index >= 15 is 0 Å². The third kappa shape index (κ3) is 4.93. The van der Waals surface area contributed by atoms with Gasteiger partial charge in [-0.3, -0.25) is 9.59 Å². The van der Waals surface area contributed by atoms with E-state index in [9.17, 15) is 9.59 Å². The van der Waals surface area contributed by atoms with Crippen LogP contribution < -0.4 is 0 Å². The Labute approximate surface area is 169 Å². The minimum atomic E-state index is 0.205. The van der Waals surface area contributed by atoms with Gasteiger partial charge in [0.1, 0.15) is 0 Å². The Balaban J connectivity index is 1.56. The normalized spacial score (nSPS) is 19.5. The zero-order valence-electron chi connectivity index (χ0n) is 18.0. The summed E-state index contributed by atoms with van der Waals surface area (Å²) in [5.41, 5.74) is 3.74. The zero-order valence-corrected chi connectivity index (χ0v) is 18.0. The van der Waals surface area contributed by atoms with Gasteiger partial charge < -0.3 is 14.7 Å². The fourth-order valence-electron chi connectivity index (χ4n) is 4.53. The van der Waals surface area contributed by atoms with Gasteiger partial charge in [-0.2, -0.15) is 0 Å². The monoisotopic (exact) mass is 385 g/mol. The predicted octanol–water partition coefficient (Wildman–Crippen LogP) is 2.64. The maximum absolute atomic E-state index is 12.9. The number of aryl methyl sites for hydroxylation is 2. The Morgan fingerprint density at radius 2 is 1.86 bits per heavy atom. The molecule has 28 heavy (non-hydrogen) atoms. The van der Waals surface area contributed by atoms with Gasteiger partial charge in [0.15, 0.2) is 0 Å². The quantitative estimate of drug-likeness (QED) is 0.783. The van der Waals surface area contributed by atoms with Crippen molar-refractivity contribution in [2.45, 2.75) is 46.0 Å². The Morgan fingerprint density at radius 1 is 1.14 bits per heavy atom. The predicted molar refractivity (Wildman–Crippen MR) is 112 cm³/mol. The number of carbonyl (C=O) groups is 2. The number of carbonyl (C=O) groups excluding carboxylic acids is 2. The summed E-state index contributed by atoms with van der Waals surface area (Å²) in [6, 6.07) is 6.33. The van der Waals surface area contributed by atoms with Crippen molar-refractivity contribution in [1.29, 1.82) is 0 Å². The number of likely N-dealkylation sites (tertiary alicyclic amines) is 2. The summed E-state index contributed by atoms with van der Waals surface area (Å²) < 4.78 is 0. The first-order valence-corrected chi connectivity index (χ1v) is 10.5. The van der Waals surface area contributed by atoms with Crippen LogP contribution >= 0.6 is 0 Å². The second-order valence-corrected chi connectivity index (χ2v) is 9.11. The standard InChI is InChI=1S/C23H35N3O2/c1-18-5-6-19(2)20(15-18)16-22(28)25-11-9-23(10-12-25)8-7-21(27)26(17-23)14-13-24(3)4/h5-6,15H,7-14,16-17H2,1-4H3. The maximum atomic E-state index is 12.9. The molecule has 0 unspecified atom stereocenters. The highest BCUT2D eigenvalue weighted by Crippen LogP contribution is 2.40. The van der Waals surface area contributed by atoms with Crippen LogP contribution in [0.1, 0.15) is 42.4 Å². The van der Waals surface area contributed by atoms with Gasteiger partial charge in [0.05, 0.1) is 6.42 Å².